The molecule has 0 aliphatic carbocycles. The number of ketones is 1. The quantitative estimate of drug-likeness (QED) is 0.767. The molecule has 0 atom stereocenters. The van der Waals surface area contributed by atoms with Crippen LogP contribution in [0.2, 0.25) is 0 Å². The van der Waals surface area contributed by atoms with Crippen LogP contribution in [0.15, 0.2) is 29.6 Å². The Labute approximate surface area is 154 Å². The van der Waals surface area contributed by atoms with Crippen molar-refractivity contribution in [2.45, 2.75) is 39.7 Å². The Morgan fingerprint density at radius 3 is 2.46 bits per heavy atom. The molecular formula is C19H26ClNO2S. The molecule has 5 heteroatoms. The van der Waals surface area contributed by atoms with Gasteiger partial charge in [0.25, 0.3) is 0 Å². The van der Waals surface area contributed by atoms with E-state index in [9.17, 15) is 9.90 Å². The molecule has 0 aliphatic heterocycles. The molecule has 0 amide bonds. The van der Waals surface area contributed by atoms with Crippen LogP contribution in [0.1, 0.15) is 54.1 Å². The maximum Gasteiger partial charge on any atom is 0.202 e. The van der Waals surface area contributed by atoms with Gasteiger partial charge < -0.3 is 10.0 Å². The number of aromatic hydroxyl groups is 1. The number of hydrogen-bond donors (Lipinski definition) is 1. The lowest BCUT2D eigenvalue weighted by Gasteiger charge is -2.24. The van der Waals surface area contributed by atoms with Crippen molar-refractivity contribution in [3.63, 3.8) is 0 Å². The van der Waals surface area contributed by atoms with Crippen molar-refractivity contribution in [3.8, 4) is 5.75 Å². The van der Waals surface area contributed by atoms with Gasteiger partial charge in [-0.3, -0.25) is 4.79 Å². The molecular weight excluding hydrogens is 342 g/mol. The number of halogens is 1. The zero-order valence-electron chi connectivity index (χ0n) is 14.9. The van der Waals surface area contributed by atoms with Crippen molar-refractivity contribution < 1.29 is 9.90 Å². The van der Waals surface area contributed by atoms with Gasteiger partial charge in [-0.15, -0.1) is 23.7 Å². The number of phenolic OH excluding ortho intramolecular Hbond substituents is 1. The molecule has 2 aromatic rings. The van der Waals surface area contributed by atoms with Crippen LogP contribution in [0.3, 0.4) is 0 Å². The van der Waals surface area contributed by atoms with E-state index < -0.39 is 0 Å². The van der Waals surface area contributed by atoms with Gasteiger partial charge in [0.1, 0.15) is 5.75 Å². The Morgan fingerprint density at radius 2 is 1.96 bits per heavy atom. The average Bonchev–Trinajstić information content (AvgIpc) is 3.01. The number of phenols is 1. The fourth-order valence-electron chi connectivity index (χ4n) is 2.47. The van der Waals surface area contributed by atoms with E-state index in [1.54, 1.807) is 0 Å². The third-order valence-corrected chi connectivity index (χ3v) is 4.85. The van der Waals surface area contributed by atoms with Crippen LogP contribution in [-0.4, -0.2) is 29.4 Å². The number of hydrogen-bond acceptors (Lipinski definition) is 4. The van der Waals surface area contributed by atoms with Gasteiger partial charge in [-0.05, 0) is 42.6 Å². The molecule has 0 fully saturated rings. The van der Waals surface area contributed by atoms with Crippen molar-refractivity contribution in [1.82, 2.24) is 4.90 Å². The molecule has 1 aromatic heterocycles. The number of rotatable bonds is 5. The Balaban J connectivity index is 0.00000288. The smallest absolute Gasteiger partial charge is 0.202 e. The first kappa shape index (κ1) is 20.7. The number of carbonyl (C=O) groups is 1. The van der Waals surface area contributed by atoms with Crippen LogP contribution in [0.4, 0.5) is 0 Å². The van der Waals surface area contributed by atoms with E-state index in [1.165, 1.54) is 11.3 Å². The van der Waals surface area contributed by atoms with Gasteiger partial charge in [-0.2, -0.15) is 0 Å². The largest absolute Gasteiger partial charge is 0.507 e. The summed E-state index contributed by atoms with van der Waals surface area (Å²) in [6.45, 7) is 9.73. The van der Waals surface area contributed by atoms with Gasteiger partial charge in [-0.1, -0.05) is 33.8 Å². The van der Waals surface area contributed by atoms with Gasteiger partial charge in [0.2, 0.25) is 5.78 Å². The SMILES string of the molecule is CCN(C)Cc1cc(C(=O)c2cccs2)cc(C(C)(C)C)c1O.Cl. The minimum atomic E-state index is -0.227. The average molecular weight is 368 g/mol. The molecule has 1 heterocycles. The highest BCUT2D eigenvalue weighted by molar-refractivity contribution is 7.12. The summed E-state index contributed by atoms with van der Waals surface area (Å²) in [6, 6.07) is 7.40. The topological polar surface area (TPSA) is 40.5 Å². The Morgan fingerprint density at radius 1 is 1.29 bits per heavy atom. The van der Waals surface area contributed by atoms with Crippen molar-refractivity contribution in [3.05, 3.63) is 51.2 Å². The van der Waals surface area contributed by atoms with E-state index >= 15 is 0 Å². The lowest BCUT2D eigenvalue weighted by molar-refractivity contribution is 0.104. The van der Waals surface area contributed by atoms with Gasteiger partial charge in [-0.25, -0.2) is 0 Å². The van der Waals surface area contributed by atoms with E-state index in [0.29, 0.717) is 17.9 Å². The predicted octanol–water partition coefficient (Wildman–Crippen LogP) is 4.86. The van der Waals surface area contributed by atoms with Crippen LogP contribution in [-0.2, 0) is 12.0 Å². The lowest BCUT2D eigenvalue weighted by Crippen LogP contribution is -2.19. The minimum Gasteiger partial charge on any atom is -0.507 e. The highest BCUT2D eigenvalue weighted by atomic mass is 35.5. The molecule has 0 unspecified atom stereocenters. The Kier molecular flexibility index (Phi) is 7.02. The lowest BCUT2D eigenvalue weighted by atomic mass is 9.83. The predicted molar refractivity (Wildman–Crippen MR) is 104 cm³/mol. The molecule has 0 bridgehead atoms. The number of nitrogens with zero attached hydrogens (tertiary/aromatic N) is 1. The van der Waals surface area contributed by atoms with E-state index in [4.69, 9.17) is 0 Å². The summed E-state index contributed by atoms with van der Waals surface area (Å²) >= 11 is 1.45. The van der Waals surface area contributed by atoms with Crippen molar-refractivity contribution in [2.75, 3.05) is 13.6 Å². The molecule has 1 N–H and O–H groups in total. The first-order valence-corrected chi connectivity index (χ1v) is 8.75. The summed E-state index contributed by atoms with van der Waals surface area (Å²) < 4.78 is 0. The fourth-order valence-corrected chi connectivity index (χ4v) is 3.16. The second-order valence-corrected chi connectivity index (χ2v) is 7.87. The molecule has 0 saturated carbocycles. The molecule has 0 spiro atoms. The van der Waals surface area contributed by atoms with Crippen LogP contribution in [0.25, 0.3) is 0 Å². The van der Waals surface area contributed by atoms with Crippen LogP contribution < -0.4 is 0 Å². The van der Waals surface area contributed by atoms with Gasteiger partial charge >= 0.3 is 0 Å². The summed E-state index contributed by atoms with van der Waals surface area (Å²) in [5, 5.41) is 12.6. The summed E-state index contributed by atoms with van der Waals surface area (Å²) in [4.78, 5) is 15.6. The molecule has 24 heavy (non-hydrogen) atoms. The summed E-state index contributed by atoms with van der Waals surface area (Å²) in [7, 11) is 2.00. The monoisotopic (exact) mass is 367 g/mol. The normalized spacial score (nSPS) is 11.4. The Hall–Kier alpha value is -1.36. The van der Waals surface area contributed by atoms with E-state index in [0.717, 1.165) is 22.5 Å². The molecule has 0 radical (unpaired) electrons. The third kappa shape index (κ3) is 4.59. The molecule has 0 saturated heterocycles. The van der Waals surface area contributed by atoms with E-state index in [-0.39, 0.29) is 23.6 Å². The zero-order valence-corrected chi connectivity index (χ0v) is 16.6. The maximum atomic E-state index is 12.7. The zero-order chi connectivity index (χ0) is 17.2. The highest BCUT2D eigenvalue weighted by Gasteiger charge is 2.24. The second kappa shape index (κ2) is 8.15. The van der Waals surface area contributed by atoms with Gasteiger partial charge in [0, 0.05) is 23.2 Å². The summed E-state index contributed by atoms with van der Waals surface area (Å²) in [6.07, 6.45) is 0. The number of benzene rings is 1. The number of carbonyl (C=O) groups excluding carboxylic acids is 1. The van der Waals surface area contributed by atoms with Crippen LogP contribution in [0.5, 0.6) is 5.75 Å². The van der Waals surface area contributed by atoms with E-state index in [2.05, 4.69) is 32.6 Å². The minimum absolute atomic E-state index is 0. The van der Waals surface area contributed by atoms with Crippen LogP contribution >= 0.6 is 23.7 Å². The maximum absolute atomic E-state index is 12.7. The third-order valence-electron chi connectivity index (χ3n) is 3.98. The first-order valence-electron chi connectivity index (χ1n) is 7.87. The first-order chi connectivity index (χ1) is 10.7. The van der Waals surface area contributed by atoms with Crippen molar-refractivity contribution in [1.29, 1.82) is 0 Å². The van der Waals surface area contributed by atoms with Gasteiger partial charge in [0.05, 0.1) is 4.88 Å². The van der Waals surface area contributed by atoms with Gasteiger partial charge in [0.15, 0.2) is 0 Å². The summed E-state index contributed by atoms with van der Waals surface area (Å²) in [5.74, 6) is 0.325. The Bertz CT molecular complexity index is 690. The molecule has 1 aromatic carbocycles. The van der Waals surface area contributed by atoms with Crippen molar-refractivity contribution in [2.24, 2.45) is 0 Å². The second-order valence-electron chi connectivity index (χ2n) is 6.92. The standard InChI is InChI=1S/C19H25NO2S.ClH/c1-6-20(5)12-14-10-13(18(22)16-8-7-9-23-16)11-15(17(14)21)19(2,3)4;/h7-11,21H,6,12H2,1-5H3;1H. The molecule has 2 rings (SSSR count). The fraction of sp³-hybridized carbons (Fsp3) is 0.421. The van der Waals surface area contributed by atoms with Crippen LogP contribution in [0, 0.1) is 0 Å². The van der Waals surface area contributed by atoms with Crippen molar-refractivity contribution >= 4 is 29.5 Å². The molecule has 3 nitrogen and oxygen atoms in total. The molecule has 132 valence electrons. The highest BCUT2D eigenvalue weighted by Crippen LogP contribution is 2.35. The van der Waals surface area contributed by atoms with E-state index in [1.807, 2.05) is 36.7 Å². The molecule has 0 aliphatic rings. The number of thiophene rings is 1. The summed E-state index contributed by atoms with van der Waals surface area (Å²) in [5.41, 5.74) is 2.05.